The Morgan fingerprint density at radius 2 is 1.93 bits per heavy atom. The summed E-state index contributed by atoms with van der Waals surface area (Å²) in [5.74, 6) is 0.0921. The van der Waals surface area contributed by atoms with E-state index in [9.17, 15) is 9.59 Å². The number of fused-ring (bicyclic) bond motifs is 1. The smallest absolute Gasteiger partial charge is 0.331 e. The Kier molecular flexibility index (Phi) is 5.92. The van der Waals surface area contributed by atoms with Crippen molar-refractivity contribution in [3.63, 3.8) is 0 Å². The number of para-hydroxylation sites is 1. The molecule has 0 saturated heterocycles. The van der Waals surface area contributed by atoms with E-state index in [1.165, 1.54) is 13.0 Å². The molecule has 142 valence electrons. The molecule has 0 radical (unpaired) electrons. The van der Waals surface area contributed by atoms with Crippen LogP contribution in [0.5, 0.6) is 11.5 Å². The predicted molar refractivity (Wildman–Crippen MR) is 102 cm³/mol. The average Bonchev–Trinajstić information content (AvgIpc) is 2.72. The molecular weight excluding hydrogens is 360 g/mol. The highest BCUT2D eigenvalue weighted by Crippen LogP contribution is 2.31. The van der Waals surface area contributed by atoms with E-state index in [0.717, 1.165) is 5.56 Å². The summed E-state index contributed by atoms with van der Waals surface area (Å²) in [6.07, 6.45) is 1.78. The Hall–Kier alpha value is -3.79. The van der Waals surface area contributed by atoms with Crippen LogP contribution in [0.3, 0.4) is 0 Å². The fourth-order valence-corrected chi connectivity index (χ4v) is 2.52. The summed E-state index contributed by atoms with van der Waals surface area (Å²) >= 11 is 0. The van der Waals surface area contributed by atoms with Gasteiger partial charge in [-0.3, -0.25) is 4.79 Å². The van der Waals surface area contributed by atoms with E-state index in [1.807, 2.05) is 6.07 Å². The van der Waals surface area contributed by atoms with Crippen LogP contribution in [0.2, 0.25) is 0 Å². The summed E-state index contributed by atoms with van der Waals surface area (Å²) in [7, 11) is 0. The van der Waals surface area contributed by atoms with Crippen LogP contribution in [0.4, 0.5) is 5.69 Å². The molecule has 1 aliphatic rings. The van der Waals surface area contributed by atoms with Crippen LogP contribution in [0.15, 0.2) is 48.5 Å². The molecule has 1 aliphatic heterocycles. The lowest BCUT2D eigenvalue weighted by atomic mass is 10.2. The van der Waals surface area contributed by atoms with E-state index in [0.29, 0.717) is 36.0 Å². The summed E-state index contributed by atoms with van der Waals surface area (Å²) < 4.78 is 16.1. The largest absolute Gasteiger partial charge is 0.486 e. The Balaban J connectivity index is 1.57. The van der Waals surface area contributed by atoms with Gasteiger partial charge in [-0.05, 0) is 42.8 Å². The maximum absolute atomic E-state index is 12.2. The number of hydrogen-bond acceptors (Lipinski definition) is 6. The van der Waals surface area contributed by atoms with E-state index in [1.54, 1.807) is 48.5 Å². The second kappa shape index (κ2) is 8.73. The minimum atomic E-state index is -1.02. The van der Waals surface area contributed by atoms with Gasteiger partial charge in [-0.1, -0.05) is 18.2 Å². The van der Waals surface area contributed by atoms with Crippen LogP contribution in [0.25, 0.3) is 6.08 Å². The Labute approximate surface area is 162 Å². The molecular formula is C21H18N2O5. The summed E-state index contributed by atoms with van der Waals surface area (Å²) in [6.45, 7) is 2.44. The third kappa shape index (κ3) is 4.68. The number of carbonyl (C=O) groups is 2. The van der Waals surface area contributed by atoms with Crippen molar-refractivity contribution in [3.05, 3.63) is 59.7 Å². The van der Waals surface area contributed by atoms with Crippen molar-refractivity contribution >= 4 is 23.6 Å². The van der Waals surface area contributed by atoms with Crippen molar-refractivity contribution in [2.24, 2.45) is 0 Å². The standard InChI is InChI=1S/C21H18N2O5/c1-14(21(25)23-17-5-3-2-4-16(17)13-22)28-20(24)9-7-15-6-8-18-19(12-15)27-11-10-26-18/h2-9,12,14H,10-11H2,1H3,(H,23,25)/b9-7+/t14-/m1/s1. The molecule has 7 nitrogen and oxygen atoms in total. The van der Waals surface area contributed by atoms with Gasteiger partial charge in [0.2, 0.25) is 0 Å². The number of benzene rings is 2. The molecule has 0 unspecified atom stereocenters. The summed E-state index contributed by atoms with van der Waals surface area (Å²) in [6, 6.07) is 13.9. The molecule has 0 saturated carbocycles. The van der Waals surface area contributed by atoms with Crippen molar-refractivity contribution in [2.75, 3.05) is 18.5 Å². The fraction of sp³-hybridized carbons (Fsp3) is 0.190. The van der Waals surface area contributed by atoms with Crippen LogP contribution in [-0.4, -0.2) is 31.2 Å². The van der Waals surface area contributed by atoms with Crippen molar-refractivity contribution in [1.82, 2.24) is 0 Å². The molecule has 1 N–H and O–H groups in total. The maximum Gasteiger partial charge on any atom is 0.331 e. The number of amides is 1. The Morgan fingerprint density at radius 1 is 1.18 bits per heavy atom. The minimum Gasteiger partial charge on any atom is -0.486 e. The molecule has 1 amide bonds. The average molecular weight is 378 g/mol. The van der Waals surface area contributed by atoms with E-state index < -0.39 is 18.0 Å². The highest BCUT2D eigenvalue weighted by Gasteiger charge is 2.18. The van der Waals surface area contributed by atoms with Crippen LogP contribution in [0, 0.1) is 11.3 Å². The van der Waals surface area contributed by atoms with Crippen molar-refractivity contribution in [2.45, 2.75) is 13.0 Å². The maximum atomic E-state index is 12.2. The van der Waals surface area contributed by atoms with E-state index in [4.69, 9.17) is 19.5 Å². The molecule has 0 aromatic heterocycles. The first-order chi connectivity index (χ1) is 13.6. The number of rotatable bonds is 5. The van der Waals surface area contributed by atoms with Gasteiger partial charge in [0.15, 0.2) is 17.6 Å². The van der Waals surface area contributed by atoms with Gasteiger partial charge >= 0.3 is 5.97 Å². The molecule has 0 aliphatic carbocycles. The summed E-state index contributed by atoms with van der Waals surface area (Å²) in [4.78, 5) is 24.2. The highest BCUT2D eigenvalue weighted by molar-refractivity contribution is 5.97. The van der Waals surface area contributed by atoms with Crippen LogP contribution < -0.4 is 14.8 Å². The number of esters is 1. The van der Waals surface area contributed by atoms with Gasteiger partial charge in [-0.2, -0.15) is 5.26 Å². The van der Waals surface area contributed by atoms with E-state index in [-0.39, 0.29) is 0 Å². The van der Waals surface area contributed by atoms with Crippen molar-refractivity contribution in [3.8, 4) is 17.6 Å². The zero-order valence-corrected chi connectivity index (χ0v) is 15.2. The third-order valence-corrected chi connectivity index (χ3v) is 3.95. The molecule has 3 rings (SSSR count). The number of nitrogens with zero attached hydrogens (tertiary/aromatic N) is 1. The number of nitriles is 1. The molecule has 1 heterocycles. The molecule has 7 heteroatoms. The van der Waals surface area contributed by atoms with E-state index in [2.05, 4.69) is 5.32 Å². The summed E-state index contributed by atoms with van der Waals surface area (Å²) in [5.41, 5.74) is 1.43. The third-order valence-electron chi connectivity index (χ3n) is 3.95. The summed E-state index contributed by atoms with van der Waals surface area (Å²) in [5, 5.41) is 11.6. The predicted octanol–water partition coefficient (Wildman–Crippen LogP) is 2.91. The van der Waals surface area contributed by atoms with Gasteiger partial charge in [-0.25, -0.2) is 4.79 Å². The van der Waals surface area contributed by atoms with Gasteiger partial charge in [0.25, 0.3) is 5.91 Å². The highest BCUT2D eigenvalue weighted by atomic mass is 16.6. The second-order valence-electron chi connectivity index (χ2n) is 5.96. The lowest BCUT2D eigenvalue weighted by Gasteiger charge is -2.18. The van der Waals surface area contributed by atoms with Crippen molar-refractivity contribution in [1.29, 1.82) is 5.26 Å². The SMILES string of the molecule is C[C@@H](OC(=O)/C=C/c1ccc2c(c1)OCCO2)C(=O)Nc1ccccc1C#N. The van der Waals surface area contributed by atoms with Crippen LogP contribution in [-0.2, 0) is 14.3 Å². The molecule has 0 spiro atoms. The lowest BCUT2D eigenvalue weighted by molar-refractivity contribution is -0.148. The van der Waals surface area contributed by atoms with Gasteiger partial charge in [0, 0.05) is 6.08 Å². The van der Waals surface area contributed by atoms with Gasteiger partial charge in [0.1, 0.15) is 19.3 Å². The lowest BCUT2D eigenvalue weighted by Crippen LogP contribution is -2.29. The molecule has 2 aromatic rings. The first-order valence-corrected chi connectivity index (χ1v) is 8.65. The molecule has 0 fully saturated rings. The Bertz CT molecular complexity index is 962. The van der Waals surface area contributed by atoms with Gasteiger partial charge in [-0.15, -0.1) is 0 Å². The quantitative estimate of drug-likeness (QED) is 0.635. The van der Waals surface area contributed by atoms with Crippen LogP contribution >= 0.6 is 0 Å². The zero-order valence-electron chi connectivity index (χ0n) is 15.2. The molecule has 1 atom stereocenters. The topological polar surface area (TPSA) is 97.7 Å². The monoisotopic (exact) mass is 378 g/mol. The first-order valence-electron chi connectivity index (χ1n) is 8.65. The molecule has 28 heavy (non-hydrogen) atoms. The van der Waals surface area contributed by atoms with Gasteiger partial charge in [0.05, 0.1) is 11.3 Å². The Morgan fingerprint density at radius 3 is 2.71 bits per heavy atom. The molecule has 0 bridgehead atoms. The number of carbonyl (C=O) groups excluding carboxylic acids is 2. The van der Waals surface area contributed by atoms with E-state index >= 15 is 0 Å². The van der Waals surface area contributed by atoms with Crippen molar-refractivity contribution < 1.29 is 23.8 Å². The number of hydrogen-bond donors (Lipinski definition) is 1. The zero-order chi connectivity index (χ0) is 19.9. The van der Waals surface area contributed by atoms with Gasteiger partial charge < -0.3 is 19.5 Å². The normalized spacial score (nSPS) is 13.4. The minimum absolute atomic E-state index is 0.327. The number of anilines is 1. The molecule has 2 aromatic carbocycles. The van der Waals surface area contributed by atoms with Crippen LogP contribution in [0.1, 0.15) is 18.1 Å². The second-order valence-corrected chi connectivity index (χ2v) is 5.96. The number of ether oxygens (including phenoxy) is 3. The fourth-order valence-electron chi connectivity index (χ4n) is 2.52. The first kappa shape index (κ1) is 19.0. The number of nitrogens with one attached hydrogen (secondary N) is 1.